The van der Waals surface area contributed by atoms with Crippen LogP contribution in [0.15, 0.2) is 49.1 Å². The lowest BCUT2D eigenvalue weighted by Crippen LogP contribution is -2.30. The summed E-state index contributed by atoms with van der Waals surface area (Å²) in [6.45, 7) is 7.46. The van der Waals surface area contributed by atoms with Gasteiger partial charge < -0.3 is 14.2 Å². The van der Waals surface area contributed by atoms with E-state index in [1.165, 1.54) is 14.2 Å². The van der Waals surface area contributed by atoms with Crippen LogP contribution in [0.3, 0.4) is 0 Å². The van der Waals surface area contributed by atoms with Crippen LogP contribution in [0.2, 0.25) is 0 Å². The van der Waals surface area contributed by atoms with Crippen molar-refractivity contribution in [1.82, 2.24) is 29.7 Å². The fourth-order valence-corrected chi connectivity index (χ4v) is 5.60. The first-order valence-electron chi connectivity index (χ1n) is 12.4. The number of benzene rings is 1. The summed E-state index contributed by atoms with van der Waals surface area (Å²) < 4.78 is 46.5. The van der Waals surface area contributed by atoms with Crippen LogP contribution < -0.4 is 9.47 Å². The summed E-state index contributed by atoms with van der Waals surface area (Å²) in [5, 5.41) is 7.74. The van der Waals surface area contributed by atoms with E-state index >= 15 is 0 Å². The fourth-order valence-electron chi connectivity index (χ4n) is 4.21. The Labute approximate surface area is 228 Å². The van der Waals surface area contributed by atoms with Gasteiger partial charge in [-0.05, 0) is 57.0 Å². The van der Waals surface area contributed by atoms with Crippen molar-refractivity contribution in [1.29, 1.82) is 0 Å². The molecule has 12 heteroatoms. The summed E-state index contributed by atoms with van der Waals surface area (Å²) in [6, 6.07) is 7.20. The second kappa shape index (κ2) is 11.9. The maximum atomic E-state index is 13.9. The molecule has 4 aromatic rings. The van der Waals surface area contributed by atoms with Crippen LogP contribution in [0.1, 0.15) is 42.7 Å². The van der Waals surface area contributed by atoms with Crippen molar-refractivity contribution in [2.75, 3.05) is 20.8 Å². The first-order valence-corrected chi connectivity index (χ1v) is 14.1. The molecule has 11 nitrogen and oxygen atoms in total. The van der Waals surface area contributed by atoms with Crippen molar-refractivity contribution in [3.05, 3.63) is 71.8 Å². The Bertz CT molecular complexity index is 1520. The highest BCUT2D eigenvalue weighted by molar-refractivity contribution is 7.91. The van der Waals surface area contributed by atoms with Crippen LogP contribution in [-0.2, 0) is 20.3 Å². The molecule has 3 heterocycles. The first-order chi connectivity index (χ1) is 18.7. The van der Waals surface area contributed by atoms with E-state index in [0.29, 0.717) is 41.0 Å². The molecule has 0 fully saturated rings. The van der Waals surface area contributed by atoms with Gasteiger partial charge in [0, 0.05) is 37.0 Å². The minimum Gasteiger partial charge on any atom is -0.494 e. The summed E-state index contributed by atoms with van der Waals surface area (Å²) in [4.78, 5) is 12.9. The van der Waals surface area contributed by atoms with Gasteiger partial charge in [0.1, 0.15) is 29.0 Å². The van der Waals surface area contributed by atoms with Crippen LogP contribution in [0.5, 0.6) is 11.5 Å². The number of sulfone groups is 1. The van der Waals surface area contributed by atoms with Gasteiger partial charge in [0.15, 0.2) is 27.3 Å². The van der Waals surface area contributed by atoms with Gasteiger partial charge in [-0.2, -0.15) is 0 Å². The van der Waals surface area contributed by atoms with E-state index in [9.17, 15) is 8.42 Å². The summed E-state index contributed by atoms with van der Waals surface area (Å²) in [5.41, 5.74) is 2.91. The quantitative estimate of drug-likeness (QED) is 0.270. The molecule has 0 aliphatic heterocycles. The highest BCUT2D eigenvalue weighted by Crippen LogP contribution is 2.37. The van der Waals surface area contributed by atoms with E-state index in [2.05, 4.69) is 25.1 Å². The van der Waals surface area contributed by atoms with Crippen molar-refractivity contribution >= 4 is 9.84 Å². The third kappa shape index (κ3) is 5.91. The number of methoxy groups -OCH3 is 2. The highest BCUT2D eigenvalue weighted by atomic mass is 32.2. The predicted octanol–water partition coefficient (Wildman–Crippen LogP) is 3.83. The minimum atomic E-state index is -3.87. The normalized spacial score (nSPS) is 13.2. The second-order valence-electron chi connectivity index (χ2n) is 9.04. The Balaban J connectivity index is 1.84. The Kier molecular flexibility index (Phi) is 8.56. The zero-order valence-electron chi connectivity index (χ0n) is 22.8. The largest absolute Gasteiger partial charge is 0.494 e. The van der Waals surface area contributed by atoms with Crippen molar-refractivity contribution in [2.45, 2.75) is 44.8 Å². The molecule has 0 N–H and O–H groups in total. The zero-order chi connectivity index (χ0) is 28.2. The molecule has 3 aromatic heterocycles. The molecule has 39 heavy (non-hydrogen) atoms. The fraction of sp³-hybridized carbons (Fsp3) is 0.370. The van der Waals surface area contributed by atoms with Gasteiger partial charge in [-0.3, -0.25) is 9.55 Å². The molecule has 0 bridgehead atoms. The van der Waals surface area contributed by atoms with Gasteiger partial charge >= 0.3 is 0 Å². The number of aromatic nitrogens is 6. The molecule has 4 rings (SSSR count). The van der Waals surface area contributed by atoms with E-state index in [0.717, 1.165) is 11.1 Å². The lowest BCUT2D eigenvalue weighted by atomic mass is 10.2. The van der Waals surface area contributed by atoms with E-state index in [1.54, 1.807) is 61.4 Å². The van der Waals surface area contributed by atoms with Crippen LogP contribution in [-0.4, -0.2) is 64.2 Å². The number of aryl methyl sites for hydroxylation is 2. The molecular weight excluding hydrogens is 520 g/mol. The van der Waals surface area contributed by atoms with Gasteiger partial charge in [-0.25, -0.2) is 18.4 Å². The van der Waals surface area contributed by atoms with Crippen molar-refractivity contribution in [3.63, 3.8) is 0 Å². The zero-order valence-corrected chi connectivity index (χ0v) is 23.6. The number of rotatable bonds is 11. The second-order valence-corrected chi connectivity index (χ2v) is 11.4. The highest BCUT2D eigenvalue weighted by Gasteiger charge is 2.35. The summed E-state index contributed by atoms with van der Waals surface area (Å²) >= 11 is 0. The molecule has 0 radical (unpaired) electrons. The van der Waals surface area contributed by atoms with E-state index < -0.39 is 26.9 Å². The van der Waals surface area contributed by atoms with Gasteiger partial charge in [-0.1, -0.05) is 6.07 Å². The molecule has 0 saturated heterocycles. The number of hydrogen-bond donors (Lipinski definition) is 0. The average Bonchev–Trinajstić information content (AvgIpc) is 3.33. The SMILES string of the molecule is CCO[C@@H](c1ncc(C)cn1)[C@H](C)S(=O)(=O)Cc1nnc(-c2cncc(C)c2)n1-c1c(OC)cccc1OC. The Hall–Kier alpha value is -3.90. The lowest BCUT2D eigenvalue weighted by Gasteiger charge is -2.23. The lowest BCUT2D eigenvalue weighted by molar-refractivity contribution is 0.0556. The van der Waals surface area contributed by atoms with E-state index in [4.69, 9.17) is 14.2 Å². The Morgan fingerprint density at radius 1 is 0.949 bits per heavy atom. The van der Waals surface area contributed by atoms with Crippen LogP contribution in [0, 0.1) is 13.8 Å². The molecule has 0 aliphatic carbocycles. The molecule has 0 amide bonds. The predicted molar refractivity (Wildman–Crippen MR) is 146 cm³/mol. The molecule has 0 spiro atoms. The minimum absolute atomic E-state index is 0.182. The number of hydrogen-bond acceptors (Lipinski definition) is 10. The van der Waals surface area contributed by atoms with Crippen LogP contribution in [0.25, 0.3) is 17.1 Å². The Morgan fingerprint density at radius 2 is 1.62 bits per heavy atom. The third-order valence-corrected chi connectivity index (χ3v) is 8.25. The van der Waals surface area contributed by atoms with E-state index in [1.807, 2.05) is 19.9 Å². The Morgan fingerprint density at radius 3 is 2.21 bits per heavy atom. The average molecular weight is 553 g/mol. The first kappa shape index (κ1) is 28.1. The maximum absolute atomic E-state index is 13.9. The molecule has 1 aromatic carbocycles. The number of pyridine rings is 1. The molecule has 0 saturated carbocycles. The van der Waals surface area contributed by atoms with E-state index in [-0.39, 0.29) is 5.82 Å². The van der Waals surface area contributed by atoms with Gasteiger partial charge in [0.2, 0.25) is 0 Å². The number of para-hydroxylation sites is 1. The van der Waals surface area contributed by atoms with Crippen molar-refractivity contribution < 1.29 is 22.6 Å². The topological polar surface area (TPSA) is 131 Å². The molecule has 206 valence electrons. The van der Waals surface area contributed by atoms with Crippen LogP contribution in [0.4, 0.5) is 0 Å². The van der Waals surface area contributed by atoms with Crippen molar-refractivity contribution in [2.24, 2.45) is 0 Å². The summed E-state index contributed by atoms with van der Waals surface area (Å²) in [7, 11) is -0.803. The van der Waals surface area contributed by atoms with Gasteiger partial charge in [-0.15, -0.1) is 10.2 Å². The van der Waals surface area contributed by atoms with Crippen LogP contribution >= 0.6 is 0 Å². The molecule has 2 atom stereocenters. The third-order valence-electron chi connectivity index (χ3n) is 6.21. The summed E-state index contributed by atoms with van der Waals surface area (Å²) in [5.74, 6) is 1.37. The monoisotopic (exact) mass is 552 g/mol. The standard InChI is InChI=1S/C27H32N6O5S/c1-7-38-25(26-29-13-18(3)14-30-26)19(4)39(34,35)16-23-31-32-27(20-11-17(2)12-28-15-20)33(23)24-21(36-5)9-8-10-22(24)37-6/h8-15,19,25H,7,16H2,1-6H3/t19-,25+/m0/s1. The van der Waals surface area contributed by atoms with Gasteiger partial charge in [0.25, 0.3) is 0 Å². The summed E-state index contributed by atoms with van der Waals surface area (Å²) in [6.07, 6.45) is 5.79. The van der Waals surface area contributed by atoms with Gasteiger partial charge in [0.05, 0.1) is 19.5 Å². The maximum Gasteiger partial charge on any atom is 0.170 e. The molecule has 0 unspecified atom stereocenters. The molecular formula is C27H32N6O5S. The number of ether oxygens (including phenoxy) is 3. The molecule has 0 aliphatic rings. The number of nitrogens with zero attached hydrogens (tertiary/aromatic N) is 6. The van der Waals surface area contributed by atoms with Crippen molar-refractivity contribution in [3.8, 4) is 28.6 Å². The smallest absolute Gasteiger partial charge is 0.170 e.